The van der Waals surface area contributed by atoms with Gasteiger partial charge in [0.05, 0.1) is 32.9 Å². The van der Waals surface area contributed by atoms with Gasteiger partial charge in [-0.25, -0.2) is 5.01 Å². The third-order valence-electron chi connectivity index (χ3n) is 4.32. The van der Waals surface area contributed by atoms with E-state index in [-0.39, 0.29) is 24.8 Å². The van der Waals surface area contributed by atoms with Crippen molar-refractivity contribution in [3.05, 3.63) is 47.9 Å². The molecule has 0 saturated carbocycles. The van der Waals surface area contributed by atoms with Gasteiger partial charge in [0.2, 0.25) is 5.91 Å². The van der Waals surface area contributed by atoms with Crippen molar-refractivity contribution >= 4 is 17.6 Å². The number of carbonyl (C=O) groups excluding carboxylic acids is 1. The maximum atomic E-state index is 12.6. The van der Waals surface area contributed by atoms with E-state index in [4.69, 9.17) is 19.0 Å². The van der Waals surface area contributed by atoms with Gasteiger partial charge in [0.1, 0.15) is 11.5 Å². The lowest BCUT2D eigenvalue weighted by Gasteiger charge is -2.22. The molecule has 1 N–H and O–H groups in total. The van der Waals surface area contributed by atoms with E-state index in [1.165, 1.54) is 18.4 Å². The molecule has 1 amide bonds. The molecule has 8 heteroatoms. The van der Waals surface area contributed by atoms with Gasteiger partial charge in [-0.05, 0) is 29.8 Å². The largest absolute Gasteiger partial charge is 0.493 e. The molecule has 27 heavy (non-hydrogen) atoms. The molecule has 1 aromatic carbocycles. The molecule has 0 saturated heterocycles. The number of rotatable bonds is 7. The molecule has 1 aliphatic rings. The molecule has 3 rings (SSSR count). The number of aliphatic carboxylic acids is 1. The lowest BCUT2D eigenvalue weighted by molar-refractivity contribution is -0.141. The fourth-order valence-electron chi connectivity index (χ4n) is 2.98. The Labute approximate surface area is 156 Å². The zero-order valence-electron chi connectivity index (χ0n) is 15.0. The number of hydrazone groups is 1. The third kappa shape index (κ3) is 3.94. The van der Waals surface area contributed by atoms with Gasteiger partial charge in [0, 0.05) is 12.8 Å². The molecule has 0 aliphatic carbocycles. The van der Waals surface area contributed by atoms with Crippen molar-refractivity contribution in [3.8, 4) is 11.5 Å². The molecule has 2 heterocycles. The van der Waals surface area contributed by atoms with Crippen LogP contribution >= 0.6 is 0 Å². The van der Waals surface area contributed by atoms with Crippen molar-refractivity contribution in [3.63, 3.8) is 0 Å². The second-order valence-electron chi connectivity index (χ2n) is 5.99. The molecular formula is C19H20N2O6. The van der Waals surface area contributed by atoms with Crippen molar-refractivity contribution in [1.82, 2.24) is 5.01 Å². The van der Waals surface area contributed by atoms with E-state index in [1.807, 2.05) is 6.07 Å². The SMILES string of the molecule is COc1ccc([C@@H]2CC(c3ccco3)=NN2C(=O)CCC(=O)O)cc1OC. The minimum atomic E-state index is -1.03. The molecule has 2 aromatic rings. The van der Waals surface area contributed by atoms with Crippen LogP contribution in [-0.4, -0.2) is 41.9 Å². The van der Waals surface area contributed by atoms with Crippen molar-refractivity contribution in [1.29, 1.82) is 0 Å². The van der Waals surface area contributed by atoms with Crippen molar-refractivity contribution in [2.75, 3.05) is 14.2 Å². The molecule has 0 fully saturated rings. The predicted molar refractivity (Wildman–Crippen MR) is 95.9 cm³/mol. The van der Waals surface area contributed by atoms with Crippen LogP contribution in [-0.2, 0) is 9.59 Å². The Hall–Kier alpha value is -3.29. The number of carboxylic acid groups (broad SMARTS) is 1. The molecule has 0 spiro atoms. The summed E-state index contributed by atoms with van der Waals surface area (Å²) < 4.78 is 16.0. The van der Waals surface area contributed by atoms with Crippen LogP contribution in [0, 0.1) is 0 Å². The monoisotopic (exact) mass is 372 g/mol. The minimum Gasteiger partial charge on any atom is -0.493 e. The number of methoxy groups -OCH3 is 2. The van der Waals surface area contributed by atoms with Gasteiger partial charge in [-0.3, -0.25) is 9.59 Å². The van der Waals surface area contributed by atoms with Crippen LogP contribution in [0.3, 0.4) is 0 Å². The van der Waals surface area contributed by atoms with Gasteiger partial charge in [-0.2, -0.15) is 5.10 Å². The highest BCUT2D eigenvalue weighted by molar-refractivity contribution is 6.01. The fourth-order valence-corrected chi connectivity index (χ4v) is 2.98. The quantitative estimate of drug-likeness (QED) is 0.802. The maximum absolute atomic E-state index is 12.6. The Morgan fingerprint density at radius 2 is 2.00 bits per heavy atom. The highest BCUT2D eigenvalue weighted by atomic mass is 16.5. The highest BCUT2D eigenvalue weighted by Crippen LogP contribution is 2.37. The Morgan fingerprint density at radius 1 is 1.22 bits per heavy atom. The molecule has 0 bridgehead atoms. The molecule has 1 aromatic heterocycles. The second kappa shape index (κ2) is 7.94. The van der Waals surface area contributed by atoms with E-state index in [0.29, 0.717) is 29.4 Å². The van der Waals surface area contributed by atoms with E-state index in [0.717, 1.165) is 5.56 Å². The van der Waals surface area contributed by atoms with Gasteiger partial charge < -0.3 is 19.0 Å². The average molecular weight is 372 g/mol. The Morgan fingerprint density at radius 3 is 2.63 bits per heavy atom. The van der Waals surface area contributed by atoms with Gasteiger partial charge in [-0.1, -0.05) is 6.07 Å². The van der Waals surface area contributed by atoms with Crippen LogP contribution in [0.2, 0.25) is 0 Å². The first-order chi connectivity index (χ1) is 13.0. The number of carboxylic acids is 1. The molecule has 1 atom stereocenters. The second-order valence-corrected chi connectivity index (χ2v) is 5.99. The van der Waals surface area contributed by atoms with Gasteiger partial charge >= 0.3 is 5.97 Å². The normalized spacial score (nSPS) is 16.1. The maximum Gasteiger partial charge on any atom is 0.303 e. The molecule has 142 valence electrons. The van der Waals surface area contributed by atoms with Gasteiger partial charge in [0.25, 0.3) is 0 Å². The molecule has 8 nitrogen and oxygen atoms in total. The van der Waals surface area contributed by atoms with E-state index < -0.39 is 5.97 Å². The standard InChI is InChI=1S/C19H20N2O6/c1-25-16-6-5-12(10-17(16)26-2)14-11-13(15-4-3-9-27-15)20-21(14)18(22)7-8-19(23)24/h3-6,9-10,14H,7-8,11H2,1-2H3,(H,23,24)/t14-/m0/s1. The minimum absolute atomic E-state index is 0.131. The summed E-state index contributed by atoms with van der Waals surface area (Å²) in [7, 11) is 3.09. The number of hydrogen-bond acceptors (Lipinski definition) is 6. The first kappa shape index (κ1) is 18.5. The summed E-state index contributed by atoms with van der Waals surface area (Å²) in [6, 6.07) is 8.53. The number of amides is 1. The summed E-state index contributed by atoms with van der Waals surface area (Å²) in [5.74, 6) is 0.308. The van der Waals surface area contributed by atoms with E-state index >= 15 is 0 Å². The lowest BCUT2D eigenvalue weighted by atomic mass is 10.00. The average Bonchev–Trinajstić information content (AvgIpc) is 3.35. The smallest absolute Gasteiger partial charge is 0.303 e. The van der Waals surface area contributed by atoms with Crippen LogP contribution in [0.15, 0.2) is 46.1 Å². The summed E-state index contributed by atoms with van der Waals surface area (Å²) in [6.45, 7) is 0. The van der Waals surface area contributed by atoms with Crippen LogP contribution in [0.5, 0.6) is 11.5 Å². The Balaban J connectivity index is 1.92. The number of carbonyl (C=O) groups is 2. The predicted octanol–water partition coefficient (Wildman–Crippen LogP) is 2.84. The zero-order chi connectivity index (χ0) is 19.4. The van der Waals surface area contributed by atoms with Crippen LogP contribution in [0.25, 0.3) is 0 Å². The summed E-state index contributed by atoms with van der Waals surface area (Å²) in [5, 5.41) is 14.6. The van der Waals surface area contributed by atoms with Crippen LogP contribution in [0.4, 0.5) is 0 Å². The first-order valence-corrected chi connectivity index (χ1v) is 8.40. The number of furan rings is 1. The zero-order valence-corrected chi connectivity index (χ0v) is 15.0. The number of hydrogen-bond donors (Lipinski definition) is 1. The Kier molecular flexibility index (Phi) is 5.44. The lowest BCUT2D eigenvalue weighted by Crippen LogP contribution is -2.27. The number of nitrogens with zero attached hydrogens (tertiary/aromatic N) is 2. The topological polar surface area (TPSA) is 102 Å². The van der Waals surface area contributed by atoms with Crippen LogP contribution < -0.4 is 9.47 Å². The van der Waals surface area contributed by atoms with E-state index in [2.05, 4.69) is 5.10 Å². The van der Waals surface area contributed by atoms with Gasteiger partial charge in [-0.15, -0.1) is 0 Å². The van der Waals surface area contributed by atoms with E-state index in [1.54, 1.807) is 31.4 Å². The third-order valence-corrected chi connectivity index (χ3v) is 4.32. The number of ether oxygens (including phenoxy) is 2. The molecule has 0 unspecified atom stereocenters. The Bertz CT molecular complexity index is 859. The van der Waals surface area contributed by atoms with Gasteiger partial charge in [0.15, 0.2) is 11.5 Å². The summed E-state index contributed by atoms with van der Waals surface area (Å²) >= 11 is 0. The van der Waals surface area contributed by atoms with E-state index in [9.17, 15) is 9.59 Å². The molecule has 0 radical (unpaired) electrons. The van der Waals surface area contributed by atoms with Crippen LogP contribution in [0.1, 0.15) is 36.6 Å². The fraction of sp³-hybridized carbons (Fsp3) is 0.316. The summed E-state index contributed by atoms with van der Waals surface area (Å²) in [4.78, 5) is 23.4. The van der Waals surface area contributed by atoms with Crippen molar-refractivity contribution in [2.45, 2.75) is 25.3 Å². The highest BCUT2D eigenvalue weighted by Gasteiger charge is 2.34. The molecular weight excluding hydrogens is 352 g/mol. The van der Waals surface area contributed by atoms with Crippen molar-refractivity contribution < 1.29 is 28.6 Å². The number of benzene rings is 1. The summed E-state index contributed by atoms with van der Waals surface area (Å²) in [5.41, 5.74) is 1.44. The molecule has 1 aliphatic heterocycles. The first-order valence-electron chi connectivity index (χ1n) is 8.40. The van der Waals surface area contributed by atoms with Crippen molar-refractivity contribution in [2.24, 2.45) is 5.10 Å². The summed E-state index contributed by atoms with van der Waals surface area (Å²) in [6.07, 6.45) is 1.60.